The highest BCUT2D eigenvalue weighted by Crippen LogP contribution is 2.58. The summed E-state index contributed by atoms with van der Waals surface area (Å²) in [5.41, 5.74) is 6.80. The maximum absolute atomic E-state index is 16.2. The van der Waals surface area contributed by atoms with Crippen molar-refractivity contribution in [1.82, 2.24) is 9.13 Å². The van der Waals surface area contributed by atoms with Crippen LogP contribution in [0.2, 0.25) is 0 Å². The van der Waals surface area contributed by atoms with Gasteiger partial charge in [0, 0.05) is 21.5 Å². The van der Waals surface area contributed by atoms with E-state index in [4.69, 9.17) is 4.74 Å². The summed E-state index contributed by atoms with van der Waals surface area (Å²) in [5.74, 6) is 2.61. The van der Waals surface area contributed by atoms with Crippen molar-refractivity contribution in [2.45, 2.75) is 5.66 Å². The van der Waals surface area contributed by atoms with Crippen LogP contribution in [0.3, 0.4) is 0 Å². The normalized spacial score (nSPS) is 20.1. The van der Waals surface area contributed by atoms with Crippen molar-refractivity contribution in [3.8, 4) is 23.0 Å². The number of hydrogen-bond acceptors (Lipinski definition) is 2. The quantitative estimate of drug-likeness (QED) is 0.154. The summed E-state index contributed by atoms with van der Waals surface area (Å²) in [5, 5.41) is 7.21. The molecule has 13 rings (SSSR count). The van der Waals surface area contributed by atoms with E-state index in [9.17, 15) is 0 Å². The molecule has 0 amide bonds. The van der Waals surface area contributed by atoms with Gasteiger partial charge >= 0.3 is 11.5 Å². The van der Waals surface area contributed by atoms with Gasteiger partial charge in [-0.2, -0.15) is 18.3 Å². The monoisotopic (exact) mass is 634 g/mol. The fraction of sp³-hybridized carbons (Fsp3) is 0.0244. The lowest BCUT2D eigenvalue weighted by atomic mass is 9.82. The molecule has 8 heterocycles. The molecule has 5 aromatic carbocycles. The number of benzene rings is 5. The topological polar surface area (TPSA) is 43.9 Å². The molecule has 4 aromatic heterocycles. The summed E-state index contributed by atoms with van der Waals surface area (Å²) in [6.07, 6.45) is 4.41. The van der Waals surface area contributed by atoms with Gasteiger partial charge in [0.15, 0.2) is 18.2 Å². The van der Waals surface area contributed by atoms with Crippen LogP contribution in [0.5, 0.6) is 11.5 Å². The molecule has 222 valence electrons. The molecule has 0 saturated carbocycles. The van der Waals surface area contributed by atoms with Gasteiger partial charge in [0.05, 0.1) is 23.1 Å². The van der Waals surface area contributed by atoms with Gasteiger partial charge in [-0.25, -0.2) is 0 Å². The third-order valence-corrected chi connectivity index (χ3v) is 14.4. The molecule has 2 atom stereocenters. The van der Waals surface area contributed by atoms with Gasteiger partial charge in [-0.05, 0) is 72.8 Å². The fourth-order valence-electron chi connectivity index (χ4n) is 9.71. The first-order chi connectivity index (χ1) is 23.7. The highest BCUT2D eigenvalue weighted by Gasteiger charge is 2.65. The lowest BCUT2D eigenvalue weighted by molar-refractivity contribution is -0.961. The van der Waals surface area contributed by atoms with E-state index < -0.39 is 12.8 Å². The number of rotatable bonds is 1. The second-order valence-electron chi connectivity index (χ2n) is 13.3. The molecule has 0 fully saturated rings. The standard InChI is InChI=1S/C41H23N4O2P/c46-48(24-10-2-1-3-11-24)33-18-6-13-26-27-20-21-32-36-38(27)45(37(26)33)40-34(48)19-9-23-43(40)41(36)35-30(16-7-17-31(35)47-32)44-29-15-5-4-12-25(29)28-14-8-22-42(41)39(28)44/h1-23H/q+2. The molecule has 0 radical (unpaired) electrons. The number of aromatic nitrogens is 4. The van der Waals surface area contributed by atoms with Crippen molar-refractivity contribution in [3.05, 3.63) is 151 Å². The number of nitrogens with zero attached hydrogens (tertiary/aromatic N) is 4. The molecule has 0 aliphatic carbocycles. The number of ether oxygens (including phenoxy) is 1. The molecular weight excluding hydrogens is 611 g/mol. The Hall–Kier alpha value is -5.97. The molecule has 4 aliphatic heterocycles. The molecule has 9 aromatic rings. The van der Waals surface area contributed by atoms with Crippen LogP contribution >= 0.6 is 7.14 Å². The zero-order valence-electron chi connectivity index (χ0n) is 25.3. The maximum Gasteiger partial charge on any atom is 0.321 e. The zero-order chi connectivity index (χ0) is 31.1. The van der Waals surface area contributed by atoms with Crippen LogP contribution < -0.4 is 29.8 Å². The lowest BCUT2D eigenvalue weighted by Gasteiger charge is -2.42. The first-order valence-electron chi connectivity index (χ1n) is 16.3. The minimum atomic E-state index is -3.30. The molecule has 1 spiro atoms. The molecule has 0 saturated heterocycles. The van der Waals surface area contributed by atoms with E-state index in [0.29, 0.717) is 0 Å². The average Bonchev–Trinajstić information content (AvgIpc) is 3.67. The van der Waals surface area contributed by atoms with Crippen molar-refractivity contribution < 1.29 is 18.4 Å². The molecular formula is C41H23N4O2P+2. The smallest absolute Gasteiger partial charge is 0.321 e. The Morgan fingerprint density at radius 3 is 2.23 bits per heavy atom. The minimum Gasteiger partial charge on any atom is -0.456 e. The predicted octanol–water partition coefficient (Wildman–Crippen LogP) is 6.44. The molecule has 6 nitrogen and oxygen atoms in total. The third kappa shape index (κ3) is 2.27. The Labute approximate surface area is 273 Å². The SMILES string of the molecule is O=P1(c2ccccc2)c2ccc[n+]3c2-n2c4c1cccc4c1ccc4c(c12)C31c2c(cccc2-n2c3ccccc3c3ccc[n+]1c32)O4. The van der Waals surface area contributed by atoms with Crippen molar-refractivity contribution in [2.24, 2.45) is 0 Å². The Morgan fingerprint density at radius 2 is 1.29 bits per heavy atom. The minimum absolute atomic E-state index is 0.824. The van der Waals surface area contributed by atoms with E-state index in [1.807, 2.05) is 30.3 Å². The van der Waals surface area contributed by atoms with Crippen LogP contribution in [-0.2, 0) is 10.2 Å². The summed E-state index contributed by atoms with van der Waals surface area (Å²) in [7, 11) is -3.30. The van der Waals surface area contributed by atoms with Gasteiger partial charge in [0.25, 0.3) is 5.65 Å². The van der Waals surface area contributed by atoms with Gasteiger partial charge in [-0.15, -0.1) is 0 Å². The van der Waals surface area contributed by atoms with Gasteiger partial charge in [0.1, 0.15) is 39.1 Å². The fourth-order valence-corrected chi connectivity index (χ4v) is 12.7. The van der Waals surface area contributed by atoms with Crippen LogP contribution in [0, 0.1) is 0 Å². The first-order valence-corrected chi connectivity index (χ1v) is 18.0. The molecule has 7 heteroatoms. The Bertz CT molecular complexity index is 3080. The average molecular weight is 635 g/mol. The summed E-state index contributed by atoms with van der Waals surface area (Å²) in [4.78, 5) is 0. The van der Waals surface area contributed by atoms with Gasteiger partial charge < -0.3 is 9.30 Å². The van der Waals surface area contributed by atoms with Gasteiger partial charge in [0.2, 0.25) is 0 Å². The van der Waals surface area contributed by atoms with E-state index in [0.717, 1.165) is 83.0 Å². The number of pyridine rings is 2. The first kappa shape index (κ1) is 24.2. The van der Waals surface area contributed by atoms with E-state index in [1.54, 1.807) is 0 Å². The van der Waals surface area contributed by atoms with Crippen LogP contribution in [0.15, 0.2) is 140 Å². The van der Waals surface area contributed by atoms with Crippen LogP contribution in [0.1, 0.15) is 11.1 Å². The zero-order valence-corrected chi connectivity index (χ0v) is 26.2. The van der Waals surface area contributed by atoms with Crippen LogP contribution in [-0.4, -0.2) is 9.13 Å². The summed E-state index contributed by atoms with van der Waals surface area (Å²) in [6.45, 7) is 0. The second-order valence-corrected chi connectivity index (χ2v) is 16.0. The molecule has 2 unspecified atom stereocenters. The Balaban J connectivity index is 1.36. The highest BCUT2D eigenvalue weighted by atomic mass is 31.2. The van der Waals surface area contributed by atoms with Crippen molar-refractivity contribution in [3.63, 3.8) is 0 Å². The van der Waals surface area contributed by atoms with Gasteiger partial charge in [-0.1, -0.05) is 54.6 Å². The van der Waals surface area contributed by atoms with E-state index in [-0.39, 0.29) is 0 Å². The third-order valence-electron chi connectivity index (χ3n) is 11.3. The number of fused-ring (bicyclic) bond motifs is 5. The Kier molecular flexibility index (Phi) is 3.84. The highest BCUT2D eigenvalue weighted by molar-refractivity contribution is 7.86. The molecule has 4 aliphatic rings. The predicted molar refractivity (Wildman–Crippen MR) is 187 cm³/mol. The van der Waals surface area contributed by atoms with E-state index in [1.165, 1.54) is 10.8 Å². The van der Waals surface area contributed by atoms with Crippen molar-refractivity contribution in [1.29, 1.82) is 0 Å². The number of hydrogen-bond donors (Lipinski definition) is 0. The van der Waals surface area contributed by atoms with E-state index >= 15 is 4.57 Å². The summed E-state index contributed by atoms with van der Waals surface area (Å²) >= 11 is 0. The summed E-state index contributed by atoms with van der Waals surface area (Å²) in [6, 6.07) is 44.4. The van der Waals surface area contributed by atoms with Crippen molar-refractivity contribution >= 4 is 66.8 Å². The molecule has 48 heavy (non-hydrogen) atoms. The summed E-state index contributed by atoms with van der Waals surface area (Å²) < 4.78 is 32.8. The van der Waals surface area contributed by atoms with Gasteiger partial charge in [-0.3, -0.25) is 0 Å². The van der Waals surface area contributed by atoms with Crippen molar-refractivity contribution in [2.75, 3.05) is 0 Å². The number of para-hydroxylation sites is 2. The van der Waals surface area contributed by atoms with Crippen LogP contribution in [0.25, 0.3) is 55.2 Å². The maximum atomic E-state index is 16.2. The Morgan fingerprint density at radius 1 is 0.562 bits per heavy atom. The molecule has 0 N–H and O–H groups in total. The van der Waals surface area contributed by atoms with Crippen LogP contribution in [0.4, 0.5) is 0 Å². The van der Waals surface area contributed by atoms with E-state index in [2.05, 4.69) is 128 Å². The second kappa shape index (κ2) is 7.60. The largest absolute Gasteiger partial charge is 0.456 e. The molecule has 0 bridgehead atoms. The lowest BCUT2D eigenvalue weighted by Crippen LogP contribution is -2.79.